The van der Waals surface area contributed by atoms with E-state index in [0.29, 0.717) is 6.42 Å². The van der Waals surface area contributed by atoms with Crippen LogP contribution >= 0.6 is 0 Å². The van der Waals surface area contributed by atoms with Crippen LogP contribution < -0.4 is 0 Å². The zero-order chi connectivity index (χ0) is 12.1. The molecule has 0 amide bonds. The number of carbonyl (C=O) groups is 1. The minimum absolute atomic E-state index is 0.0925. The quantitative estimate of drug-likeness (QED) is 0.797. The SMILES string of the molecule is CCC(=O)C(c1ccccc1)N1CCOCC1. The molecule has 0 radical (unpaired) electrons. The van der Waals surface area contributed by atoms with Crippen molar-refractivity contribution in [3.05, 3.63) is 35.9 Å². The number of hydrogen-bond acceptors (Lipinski definition) is 3. The van der Waals surface area contributed by atoms with Crippen molar-refractivity contribution in [3.8, 4) is 0 Å². The maximum Gasteiger partial charge on any atom is 0.154 e. The summed E-state index contributed by atoms with van der Waals surface area (Å²) in [7, 11) is 0. The van der Waals surface area contributed by atoms with Gasteiger partial charge in [0.2, 0.25) is 0 Å². The second-order valence-electron chi connectivity index (χ2n) is 4.28. The maximum absolute atomic E-state index is 12.1. The van der Waals surface area contributed by atoms with Crippen LogP contribution in [-0.4, -0.2) is 37.0 Å². The second-order valence-corrected chi connectivity index (χ2v) is 4.28. The molecule has 0 saturated carbocycles. The van der Waals surface area contributed by atoms with Crippen LogP contribution in [0.5, 0.6) is 0 Å². The Kier molecular flexibility index (Phi) is 4.29. The first kappa shape index (κ1) is 12.3. The van der Waals surface area contributed by atoms with Gasteiger partial charge in [-0.15, -0.1) is 0 Å². The molecule has 0 bridgehead atoms. The van der Waals surface area contributed by atoms with Crippen LogP contribution in [0.25, 0.3) is 0 Å². The van der Waals surface area contributed by atoms with Crippen molar-refractivity contribution in [1.82, 2.24) is 4.90 Å². The average molecular weight is 233 g/mol. The smallest absolute Gasteiger partial charge is 0.154 e. The van der Waals surface area contributed by atoms with Crippen molar-refractivity contribution >= 4 is 5.78 Å². The molecule has 2 rings (SSSR count). The van der Waals surface area contributed by atoms with E-state index in [2.05, 4.69) is 4.90 Å². The van der Waals surface area contributed by atoms with Crippen LogP contribution in [0.15, 0.2) is 30.3 Å². The van der Waals surface area contributed by atoms with E-state index in [1.807, 2.05) is 37.3 Å². The highest BCUT2D eigenvalue weighted by Crippen LogP contribution is 2.23. The Morgan fingerprint density at radius 1 is 1.29 bits per heavy atom. The predicted molar refractivity (Wildman–Crippen MR) is 66.9 cm³/mol. The summed E-state index contributed by atoms with van der Waals surface area (Å²) in [6.07, 6.45) is 0.580. The summed E-state index contributed by atoms with van der Waals surface area (Å²) in [6.45, 7) is 5.05. The molecule has 0 spiro atoms. The molecule has 0 N–H and O–H groups in total. The van der Waals surface area contributed by atoms with Crippen LogP contribution in [0.4, 0.5) is 0 Å². The maximum atomic E-state index is 12.1. The summed E-state index contributed by atoms with van der Waals surface area (Å²) in [5, 5.41) is 0. The molecule has 92 valence electrons. The topological polar surface area (TPSA) is 29.5 Å². The number of benzene rings is 1. The molecule has 1 heterocycles. The van der Waals surface area contributed by atoms with E-state index in [-0.39, 0.29) is 11.8 Å². The molecule has 0 aromatic heterocycles. The lowest BCUT2D eigenvalue weighted by Gasteiger charge is -2.33. The standard InChI is InChI=1S/C14H19NO2/c1-2-13(16)14(12-6-4-3-5-7-12)15-8-10-17-11-9-15/h3-7,14H,2,8-11H2,1H3. The van der Waals surface area contributed by atoms with Crippen LogP contribution in [0.1, 0.15) is 24.9 Å². The third kappa shape index (κ3) is 2.93. The van der Waals surface area contributed by atoms with Gasteiger partial charge in [0.25, 0.3) is 0 Å². The van der Waals surface area contributed by atoms with Gasteiger partial charge in [-0.25, -0.2) is 0 Å². The van der Waals surface area contributed by atoms with E-state index >= 15 is 0 Å². The molecular formula is C14H19NO2. The number of nitrogens with zero attached hydrogens (tertiary/aromatic N) is 1. The number of morpholine rings is 1. The molecule has 1 aromatic carbocycles. The molecule has 1 atom stereocenters. The second kappa shape index (κ2) is 5.94. The average Bonchev–Trinajstić information content (AvgIpc) is 2.41. The summed E-state index contributed by atoms with van der Waals surface area (Å²) in [4.78, 5) is 14.4. The number of hydrogen-bond donors (Lipinski definition) is 0. The normalized spacial score (nSPS) is 18.9. The van der Waals surface area contributed by atoms with Crippen LogP contribution in [0.2, 0.25) is 0 Å². The molecule has 17 heavy (non-hydrogen) atoms. The van der Waals surface area contributed by atoms with Gasteiger partial charge in [0, 0.05) is 19.5 Å². The molecule has 1 unspecified atom stereocenters. The van der Waals surface area contributed by atoms with Crippen LogP contribution in [0.3, 0.4) is 0 Å². The van der Waals surface area contributed by atoms with Gasteiger partial charge in [-0.1, -0.05) is 37.3 Å². The molecule has 0 aliphatic carbocycles. The number of ether oxygens (including phenoxy) is 1. The number of rotatable bonds is 4. The fourth-order valence-electron chi connectivity index (χ4n) is 2.26. The monoisotopic (exact) mass is 233 g/mol. The summed E-state index contributed by atoms with van der Waals surface area (Å²) in [5.41, 5.74) is 1.10. The number of carbonyl (C=O) groups excluding carboxylic acids is 1. The third-order valence-electron chi connectivity index (χ3n) is 3.18. The first-order valence-corrected chi connectivity index (χ1v) is 6.22. The van der Waals surface area contributed by atoms with Crippen LogP contribution in [0, 0.1) is 0 Å². The minimum atomic E-state index is -0.0925. The Balaban J connectivity index is 2.21. The van der Waals surface area contributed by atoms with Crippen LogP contribution in [-0.2, 0) is 9.53 Å². The fraction of sp³-hybridized carbons (Fsp3) is 0.500. The molecule has 1 fully saturated rings. The molecule has 1 saturated heterocycles. The lowest BCUT2D eigenvalue weighted by molar-refractivity contribution is -0.126. The predicted octanol–water partition coefficient (Wildman–Crippen LogP) is 2.04. The third-order valence-corrected chi connectivity index (χ3v) is 3.18. The summed E-state index contributed by atoms with van der Waals surface area (Å²) in [5.74, 6) is 0.290. The molecular weight excluding hydrogens is 214 g/mol. The molecule has 1 aromatic rings. The summed E-state index contributed by atoms with van der Waals surface area (Å²) >= 11 is 0. The summed E-state index contributed by atoms with van der Waals surface area (Å²) in [6, 6.07) is 9.94. The van der Waals surface area contributed by atoms with Crippen molar-refractivity contribution in [2.45, 2.75) is 19.4 Å². The highest BCUT2D eigenvalue weighted by Gasteiger charge is 2.27. The molecule has 3 nitrogen and oxygen atoms in total. The van der Waals surface area contributed by atoms with Crippen molar-refractivity contribution < 1.29 is 9.53 Å². The van der Waals surface area contributed by atoms with E-state index in [0.717, 1.165) is 31.9 Å². The highest BCUT2D eigenvalue weighted by atomic mass is 16.5. The van der Waals surface area contributed by atoms with Gasteiger partial charge in [0.1, 0.15) is 0 Å². The van der Waals surface area contributed by atoms with E-state index in [1.54, 1.807) is 0 Å². The zero-order valence-electron chi connectivity index (χ0n) is 10.3. The Bertz CT molecular complexity index is 358. The fourth-order valence-corrected chi connectivity index (χ4v) is 2.26. The molecule has 1 aliphatic heterocycles. The van der Waals surface area contributed by atoms with Gasteiger partial charge in [-0.3, -0.25) is 9.69 Å². The van der Waals surface area contributed by atoms with Gasteiger partial charge in [0.15, 0.2) is 5.78 Å². The van der Waals surface area contributed by atoms with Crippen molar-refractivity contribution in [1.29, 1.82) is 0 Å². The van der Waals surface area contributed by atoms with Gasteiger partial charge in [0.05, 0.1) is 19.3 Å². The van der Waals surface area contributed by atoms with E-state index < -0.39 is 0 Å². The van der Waals surface area contributed by atoms with Crippen molar-refractivity contribution in [3.63, 3.8) is 0 Å². The lowest BCUT2D eigenvalue weighted by atomic mass is 9.99. The van der Waals surface area contributed by atoms with E-state index in [4.69, 9.17) is 4.74 Å². The highest BCUT2D eigenvalue weighted by molar-refractivity contribution is 5.85. The van der Waals surface area contributed by atoms with Crippen molar-refractivity contribution in [2.24, 2.45) is 0 Å². The Labute approximate surface area is 102 Å². The number of ketones is 1. The Morgan fingerprint density at radius 2 is 1.94 bits per heavy atom. The van der Waals surface area contributed by atoms with Gasteiger partial charge in [-0.05, 0) is 5.56 Å². The zero-order valence-corrected chi connectivity index (χ0v) is 10.3. The van der Waals surface area contributed by atoms with Gasteiger partial charge < -0.3 is 4.74 Å². The first-order chi connectivity index (χ1) is 8.33. The van der Waals surface area contributed by atoms with Gasteiger partial charge in [-0.2, -0.15) is 0 Å². The minimum Gasteiger partial charge on any atom is -0.379 e. The van der Waals surface area contributed by atoms with Crippen molar-refractivity contribution in [2.75, 3.05) is 26.3 Å². The van der Waals surface area contributed by atoms with E-state index in [9.17, 15) is 4.79 Å². The first-order valence-electron chi connectivity index (χ1n) is 6.22. The number of Topliss-reactive ketones (excluding diaryl/α,β-unsaturated/α-hetero) is 1. The Morgan fingerprint density at radius 3 is 2.53 bits per heavy atom. The van der Waals surface area contributed by atoms with E-state index in [1.165, 1.54) is 0 Å². The van der Waals surface area contributed by atoms with Gasteiger partial charge >= 0.3 is 0 Å². The Hall–Kier alpha value is -1.19. The molecule has 1 aliphatic rings. The summed E-state index contributed by atoms with van der Waals surface area (Å²) < 4.78 is 5.35. The molecule has 3 heteroatoms. The lowest BCUT2D eigenvalue weighted by Crippen LogP contribution is -2.42. The largest absolute Gasteiger partial charge is 0.379 e.